The van der Waals surface area contributed by atoms with Gasteiger partial charge in [-0.2, -0.15) is 0 Å². The van der Waals surface area contributed by atoms with E-state index in [-0.39, 0.29) is 19.3 Å². The molecule has 0 heterocycles. The minimum atomic E-state index is -0.125. The molecule has 3 aliphatic carbocycles. The molecule has 0 aromatic rings. The third-order valence-electron chi connectivity index (χ3n) is 6.92. The average molecular weight is 298 g/mol. The van der Waals surface area contributed by atoms with E-state index in [2.05, 4.69) is 20.8 Å². The molecule has 3 saturated carbocycles. The van der Waals surface area contributed by atoms with Crippen molar-refractivity contribution in [2.45, 2.75) is 65.4 Å². The average Bonchev–Trinajstić information content (AvgIpc) is 2.99. The van der Waals surface area contributed by atoms with Gasteiger partial charge in [0.15, 0.2) is 0 Å². The van der Waals surface area contributed by atoms with Crippen LogP contribution in [-0.2, 0) is 0 Å². The lowest BCUT2D eigenvalue weighted by Crippen LogP contribution is -2.37. The van der Waals surface area contributed by atoms with Gasteiger partial charge in [-0.15, -0.1) is 0 Å². The lowest BCUT2D eigenvalue weighted by Gasteiger charge is -2.44. The highest BCUT2D eigenvalue weighted by molar-refractivity contribution is 5.05. The van der Waals surface area contributed by atoms with Crippen LogP contribution in [0.2, 0.25) is 0 Å². The fraction of sp³-hybridized carbons (Fsp3) is 1.00. The molecule has 3 aliphatic rings. The summed E-state index contributed by atoms with van der Waals surface area (Å²) in [6.45, 7) is 7.19. The molecule has 3 rings (SSSR count). The van der Waals surface area contributed by atoms with Crippen LogP contribution in [0, 0.1) is 35.0 Å². The Kier molecular flexibility index (Phi) is 5.72. The normalized spacial score (nSPS) is 44.3. The Morgan fingerprint density at radius 2 is 1.57 bits per heavy atom. The highest BCUT2D eigenvalue weighted by atomic mass is 16.3. The van der Waals surface area contributed by atoms with Crippen LogP contribution in [0.3, 0.4) is 0 Å². The molecular formula is C18H34O3. The maximum absolute atomic E-state index is 9.88. The van der Waals surface area contributed by atoms with Crippen molar-refractivity contribution < 1.29 is 15.3 Å². The van der Waals surface area contributed by atoms with Gasteiger partial charge in [0.1, 0.15) is 0 Å². The Balaban J connectivity index is 0.000000361. The van der Waals surface area contributed by atoms with Crippen LogP contribution in [0.5, 0.6) is 0 Å². The van der Waals surface area contributed by atoms with E-state index in [1.807, 2.05) is 0 Å². The second kappa shape index (κ2) is 6.97. The van der Waals surface area contributed by atoms with Crippen LogP contribution in [0.4, 0.5) is 0 Å². The largest absolute Gasteiger partial charge is 0.394 e. The molecule has 3 fully saturated rings. The van der Waals surface area contributed by atoms with E-state index in [0.29, 0.717) is 5.41 Å². The topological polar surface area (TPSA) is 60.7 Å². The molecule has 0 radical (unpaired) electrons. The molecule has 0 aliphatic heterocycles. The van der Waals surface area contributed by atoms with Crippen molar-refractivity contribution in [1.29, 1.82) is 0 Å². The van der Waals surface area contributed by atoms with E-state index in [1.165, 1.54) is 25.7 Å². The first kappa shape index (κ1) is 17.2. The summed E-state index contributed by atoms with van der Waals surface area (Å²) in [6, 6.07) is 0. The zero-order valence-electron chi connectivity index (χ0n) is 14.0. The summed E-state index contributed by atoms with van der Waals surface area (Å²) in [7, 11) is 0. The first-order valence-electron chi connectivity index (χ1n) is 8.81. The van der Waals surface area contributed by atoms with E-state index >= 15 is 0 Å². The molecule has 3 nitrogen and oxygen atoms in total. The molecule has 21 heavy (non-hydrogen) atoms. The summed E-state index contributed by atoms with van der Waals surface area (Å²) in [6.07, 6.45) is 7.75. The molecule has 3 N–H and O–H groups in total. The Hall–Kier alpha value is -0.120. The standard InChI is InChI=1S/C16H28O.C2H6O2/c1-10-14-8-12(16(10,2)3)9-15(14)11-5-4-6-13(17)7-11;3-1-2-4/h10-15,17H,4-9H2,1-3H3;3-4H,1-2H2. The van der Waals surface area contributed by atoms with E-state index in [9.17, 15) is 5.11 Å². The second-order valence-electron chi connectivity index (χ2n) is 8.13. The molecule has 0 aromatic heterocycles. The van der Waals surface area contributed by atoms with Crippen LogP contribution in [0.1, 0.15) is 59.3 Å². The number of aliphatic hydroxyl groups excluding tert-OH is 3. The van der Waals surface area contributed by atoms with Gasteiger partial charge >= 0.3 is 0 Å². The summed E-state index contributed by atoms with van der Waals surface area (Å²) >= 11 is 0. The van der Waals surface area contributed by atoms with E-state index in [0.717, 1.165) is 42.4 Å². The van der Waals surface area contributed by atoms with Crippen LogP contribution < -0.4 is 0 Å². The van der Waals surface area contributed by atoms with Crippen molar-refractivity contribution in [3.63, 3.8) is 0 Å². The van der Waals surface area contributed by atoms with E-state index in [4.69, 9.17) is 10.2 Å². The summed E-state index contributed by atoms with van der Waals surface area (Å²) in [5.41, 5.74) is 0.578. The smallest absolute Gasteiger partial charge is 0.0662 e. The fourth-order valence-corrected chi connectivity index (χ4v) is 5.34. The van der Waals surface area contributed by atoms with Gasteiger partial charge in [-0.05, 0) is 67.1 Å². The van der Waals surface area contributed by atoms with E-state index < -0.39 is 0 Å². The van der Waals surface area contributed by atoms with Crippen LogP contribution >= 0.6 is 0 Å². The summed E-state index contributed by atoms with van der Waals surface area (Å²) in [5.74, 6) is 4.60. The zero-order chi connectivity index (χ0) is 15.6. The molecule has 6 unspecified atom stereocenters. The first-order chi connectivity index (χ1) is 9.91. The van der Waals surface area contributed by atoms with Gasteiger partial charge in [0.05, 0.1) is 19.3 Å². The third kappa shape index (κ3) is 3.46. The van der Waals surface area contributed by atoms with Gasteiger partial charge < -0.3 is 15.3 Å². The Morgan fingerprint density at radius 1 is 0.952 bits per heavy atom. The van der Waals surface area contributed by atoms with Crippen molar-refractivity contribution >= 4 is 0 Å². The SMILES string of the molecule is CC1C2CC(CC2C2CCCC(O)C2)C1(C)C.OCCO. The van der Waals surface area contributed by atoms with Gasteiger partial charge in [0.25, 0.3) is 0 Å². The van der Waals surface area contributed by atoms with Crippen molar-refractivity contribution in [3.05, 3.63) is 0 Å². The van der Waals surface area contributed by atoms with E-state index in [1.54, 1.807) is 0 Å². The predicted molar refractivity (Wildman–Crippen MR) is 84.8 cm³/mol. The summed E-state index contributed by atoms with van der Waals surface area (Å²) < 4.78 is 0. The number of hydrogen-bond donors (Lipinski definition) is 3. The Labute approximate surface area is 129 Å². The highest BCUT2D eigenvalue weighted by Gasteiger charge is 2.56. The monoisotopic (exact) mass is 298 g/mol. The number of fused-ring (bicyclic) bond motifs is 2. The fourth-order valence-electron chi connectivity index (χ4n) is 5.34. The minimum absolute atomic E-state index is 0.0104. The second-order valence-corrected chi connectivity index (χ2v) is 8.13. The first-order valence-corrected chi connectivity index (χ1v) is 8.81. The van der Waals surface area contributed by atoms with Crippen molar-refractivity contribution in [2.24, 2.45) is 35.0 Å². The minimum Gasteiger partial charge on any atom is -0.394 e. The Bertz CT molecular complexity index is 322. The van der Waals surface area contributed by atoms with Gasteiger partial charge in [0.2, 0.25) is 0 Å². The maximum atomic E-state index is 9.88. The molecule has 0 aromatic carbocycles. The quantitative estimate of drug-likeness (QED) is 0.734. The van der Waals surface area contributed by atoms with Crippen molar-refractivity contribution in [1.82, 2.24) is 0 Å². The number of rotatable bonds is 2. The van der Waals surface area contributed by atoms with Gasteiger partial charge in [0, 0.05) is 0 Å². The van der Waals surface area contributed by atoms with Gasteiger partial charge in [-0.1, -0.05) is 27.2 Å². The Morgan fingerprint density at radius 3 is 2.05 bits per heavy atom. The van der Waals surface area contributed by atoms with Gasteiger partial charge in [-0.3, -0.25) is 0 Å². The maximum Gasteiger partial charge on any atom is 0.0662 e. The molecule has 0 amide bonds. The third-order valence-corrected chi connectivity index (χ3v) is 6.92. The van der Waals surface area contributed by atoms with Crippen LogP contribution in [0.15, 0.2) is 0 Å². The van der Waals surface area contributed by atoms with Crippen molar-refractivity contribution in [3.8, 4) is 0 Å². The molecule has 0 spiro atoms. The molecule has 6 atom stereocenters. The molecule has 124 valence electrons. The summed E-state index contributed by atoms with van der Waals surface area (Å²) in [5, 5.41) is 25.1. The lowest BCUT2D eigenvalue weighted by atomic mass is 9.62. The zero-order valence-corrected chi connectivity index (χ0v) is 14.0. The molecule has 3 heteroatoms. The van der Waals surface area contributed by atoms with Gasteiger partial charge in [-0.25, -0.2) is 0 Å². The van der Waals surface area contributed by atoms with Crippen LogP contribution in [-0.4, -0.2) is 34.6 Å². The van der Waals surface area contributed by atoms with Crippen molar-refractivity contribution in [2.75, 3.05) is 13.2 Å². The highest BCUT2D eigenvalue weighted by Crippen LogP contribution is 2.63. The molecule has 2 bridgehead atoms. The predicted octanol–water partition coefficient (Wildman–Crippen LogP) is 2.83. The molecular weight excluding hydrogens is 264 g/mol. The number of aliphatic hydroxyl groups is 3. The number of hydrogen-bond acceptors (Lipinski definition) is 3. The van der Waals surface area contributed by atoms with Crippen LogP contribution in [0.25, 0.3) is 0 Å². The molecule has 0 saturated heterocycles. The lowest BCUT2D eigenvalue weighted by molar-refractivity contribution is 0.0247. The summed E-state index contributed by atoms with van der Waals surface area (Å²) in [4.78, 5) is 0.